The van der Waals surface area contributed by atoms with Gasteiger partial charge in [0.15, 0.2) is 0 Å². The summed E-state index contributed by atoms with van der Waals surface area (Å²) in [5.41, 5.74) is 2.79. The normalized spacial score (nSPS) is 16.2. The summed E-state index contributed by atoms with van der Waals surface area (Å²) in [4.78, 5) is 11.5. The van der Waals surface area contributed by atoms with Crippen LogP contribution in [0.5, 0.6) is 0 Å². The maximum atomic E-state index is 11.5. The van der Waals surface area contributed by atoms with E-state index in [-0.39, 0.29) is 5.91 Å². The third-order valence-corrected chi connectivity index (χ3v) is 2.96. The quantitative estimate of drug-likeness (QED) is 0.449. The Kier molecular flexibility index (Phi) is 2.71. The van der Waals surface area contributed by atoms with Crippen molar-refractivity contribution in [3.8, 4) is 0 Å². The molecule has 1 aliphatic rings. The third kappa shape index (κ3) is 2.24. The number of hydrazine groups is 1. The zero-order chi connectivity index (χ0) is 11.8. The topological polar surface area (TPSA) is 72.9 Å². The number of carbonyl (C=O) groups is 1. The van der Waals surface area contributed by atoms with Crippen LogP contribution in [0.15, 0.2) is 12.3 Å². The van der Waals surface area contributed by atoms with Crippen molar-refractivity contribution >= 4 is 5.91 Å². The Hall–Kier alpha value is -1.36. The molecule has 1 fully saturated rings. The molecule has 3 N–H and O–H groups in total. The maximum absolute atomic E-state index is 11.5. The van der Waals surface area contributed by atoms with Gasteiger partial charge in [-0.3, -0.25) is 14.9 Å². The summed E-state index contributed by atoms with van der Waals surface area (Å²) < 4.78 is 1.82. The molecule has 5 heteroatoms. The molecule has 0 aliphatic heterocycles. The van der Waals surface area contributed by atoms with Crippen LogP contribution in [0.1, 0.15) is 38.3 Å². The fraction of sp³-hybridized carbons (Fsp3) is 0.636. The van der Waals surface area contributed by atoms with Crippen LogP contribution in [0.4, 0.5) is 0 Å². The summed E-state index contributed by atoms with van der Waals surface area (Å²) in [5, 5.41) is 4.47. The first-order chi connectivity index (χ1) is 7.53. The number of carbonyl (C=O) groups excluding carboxylic acids is 1. The number of nitrogens with zero attached hydrogens (tertiary/aromatic N) is 2. The van der Waals surface area contributed by atoms with Crippen LogP contribution in [-0.2, 0) is 11.3 Å². The van der Waals surface area contributed by atoms with Gasteiger partial charge >= 0.3 is 0 Å². The Morgan fingerprint density at radius 1 is 1.69 bits per heavy atom. The summed E-state index contributed by atoms with van der Waals surface area (Å²) >= 11 is 0. The van der Waals surface area contributed by atoms with Crippen LogP contribution in [0.3, 0.4) is 0 Å². The van der Waals surface area contributed by atoms with Crippen molar-refractivity contribution in [1.29, 1.82) is 0 Å². The van der Waals surface area contributed by atoms with Crippen molar-refractivity contribution in [2.24, 2.45) is 11.3 Å². The van der Waals surface area contributed by atoms with Crippen molar-refractivity contribution in [3.05, 3.63) is 18.0 Å². The minimum Gasteiger partial charge on any atom is -0.294 e. The fourth-order valence-electron chi connectivity index (χ4n) is 1.73. The van der Waals surface area contributed by atoms with Crippen molar-refractivity contribution in [3.63, 3.8) is 0 Å². The molecular weight excluding hydrogens is 204 g/mol. The number of hydrogen-bond acceptors (Lipinski definition) is 3. The van der Waals surface area contributed by atoms with Gasteiger partial charge in [-0.15, -0.1) is 0 Å². The van der Waals surface area contributed by atoms with Gasteiger partial charge in [0, 0.05) is 12.1 Å². The highest BCUT2D eigenvalue weighted by Crippen LogP contribution is 2.38. The third-order valence-electron chi connectivity index (χ3n) is 2.96. The molecule has 16 heavy (non-hydrogen) atoms. The van der Waals surface area contributed by atoms with Gasteiger partial charge in [0.2, 0.25) is 5.91 Å². The van der Waals surface area contributed by atoms with Crippen LogP contribution in [0.25, 0.3) is 0 Å². The van der Waals surface area contributed by atoms with Gasteiger partial charge in [-0.25, -0.2) is 5.84 Å². The zero-order valence-electron chi connectivity index (χ0n) is 9.73. The molecule has 88 valence electrons. The van der Waals surface area contributed by atoms with Gasteiger partial charge < -0.3 is 0 Å². The Balaban J connectivity index is 2.04. The van der Waals surface area contributed by atoms with Gasteiger partial charge in [-0.1, -0.05) is 0 Å². The molecule has 0 aromatic carbocycles. The van der Waals surface area contributed by atoms with Gasteiger partial charge in [0.1, 0.15) is 0 Å². The predicted octanol–water partition coefficient (Wildman–Crippen LogP) is 0.777. The largest absolute Gasteiger partial charge is 0.294 e. The lowest BCUT2D eigenvalue weighted by molar-refractivity contribution is -0.130. The monoisotopic (exact) mass is 222 g/mol. The summed E-state index contributed by atoms with van der Waals surface area (Å²) in [7, 11) is 0. The van der Waals surface area contributed by atoms with E-state index in [0.29, 0.717) is 12.5 Å². The second-order valence-corrected chi connectivity index (χ2v) is 5.07. The lowest BCUT2D eigenvalue weighted by atomic mass is 9.93. The van der Waals surface area contributed by atoms with E-state index in [9.17, 15) is 4.79 Å². The average Bonchev–Trinajstić information content (AvgIpc) is 2.99. The van der Waals surface area contributed by atoms with E-state index in [1.807, 2.05) is 30.8 Å². The van der Waals surface area contributed by atoms with E-state index in [0.717, 1.165) is 5.69 Å². The minimum atomic E-state index is -0.540. The zero-order valence-corrected chi connectivity index (χ0v) is 9.73. The Bertz CT molecular complexity index is 392. The molecule has 1 aliphatic carbocycles. The molecule has 0 atom stereocenters. The van der Waals surface area contributed by atoms with Gasteiger partial charge in [0.05, 0.1) is 17.7 Å². The number of aromatic nitrogens is 2. The molecule has 1 amide bonds. The summed E-state index contributed by atoms with van der Waals surface area (Å²) in [6, 6.07) is 2.04. The predicted molar refractivity (Wildman–Crippen MR) is 60.3 cm³/mol. The van der Waals surface area contributed by atoms with E-state index in [1.165, 1.54) is 12.8 Å². The number of amides is 1. The van der Waals surface area contributed by atoms with Crippen LogP contribution in [0, 0.1) is 5.41 Å². The minimum absolute atomic E-state index is 0.170. The van der Waals surface area contributed by atoms with Gasteiger partial charge in [0.25, 0.3) is 0 Å². The van der Waals surface area contributed by atoms with Gasteiger partial charge in [-0.05, 0) is 32.8 Å². The van der Waals surface area contributed by atoms with Crippen molar-refractivity contribution in [2.45, 2.75) is 39.2 Å². The summed E-state index contributed by atoms with van der Waals surface area (Å²) in [5.74, 6) is 5.62. The second kappa shape index (κ2) is 3.90. The fourth-order valence-corrected chi connectivity index (χ4v) is 1.73. The Morgan fingerprint density at radius 2 is 2.38 bits per heavy atom. The summed E-state index contributed by atoms with van der Waals surface area (Å²) in [6.07, 6.45) is 4.41. The first kappa shape index (κ1) is 11.1. The number of rotatable bonds is 4. The molecule has 0 unspecified atom stereocenters. The SMILES string of the molecule is CC(C)(Cn1ccc(C2CC2)n1)C(=O)NN. The molecule has 0 spiro atoms. The average molecular weight is 222 g/mol. The molecule has 0 radical (unpaired) electrons. The highest BCUT2D eigenvalue weighted by molar-refractivity contribution is 5.81. The van der Waals surface area contributed by atoms with E-state index in [4.69, 9.17) is 5.84 Å². The molecule has 1 aromatic heterocycles. The van der Waals surface area contributed by atoms with E-state index in [2.05, 4.69) is 10.5 Å². The van der Waals surface area contributed by atoms with Crippen LogP contribution < -0.4 is 11.3 Å². The van der Waals surface area contributed by atoms with E-state index < -0.39 is 5.41 Å². The summed E-state index contributed by atoms with van der Waals surface area (Å²) in [6.45, 7) is 4.25. The number of nitrogens with two attached hydrogens (primary N) is 1. The molecule has 0 saturated heterocycles. The maximum Gasteiger partial charge on any atom is 0.241 e. The van der Waals surface area contributed by atoms with Crippen LogP contribution >= 0.6 is 0 Å². The molecule has 1 aromatic rings. The van der Waals surface area contributed by atoms with Gasteiger partial charge in [-0.2, -0.15) is 5.10 Å². The molecular formula is C11H18N4O. The van der Waals surface area contributed by atoms with Crippen molar-refractivity contribution in [2.75, 3.05) is 0 Å². The van der Waals surface area contributed by atoms with Crippen molar-refractivity contribution in [1.82, 2.24) is 15.2 Å². The molecule has 1 heterocycles. The standard InChI is InChI=1S/C11H18N4O/c1-11(2,10(16)13-12)7-15-6-5-9(14-15)8-3-4-8/h5-6,8H,3-4,7,12H2,1-2H3,(H,13,16). The van der Waals surface area contributed by atoms with E-state index in [1.54, 1.807) is 0 Å². The van der Waals surface area contributed by atoms with E-state index >= 15 is 0 Å². The first-order valence-corrected chi connectivity index (χ1v) is 5.57. The highest BCUT2D eigenvalue weighted by Gasteiger charge is 2.29. The Labute approximate surface area is 95.0 Å². The molecule has 2 rings (SSSR count). The molecule has 0 bridgehead atoms. The highest BCUT2D eigenvalue weighted by atomic mass is 16.2. The number of hydrogen-bond donors (Lipinski definition) is 2. The molecule has 1 saturated carbocycles. The lowest BCUT2D eigenvalue weighted by Crippen LogP contribution is -2.43. The Morgan fingerprint density at radius 3 is 2.94 bits per heavy atom. The second-order valence-electron chi connectivity index (χ2n) is 5.07. The van der Waals surface area contributed by atoms with Crippen LogP contribution in [-0.4, -0.2) is 15.7 Å². The smallest absolute Gasteiger partial charge is 0.241 e. The number of nitrogens with one attached hydrogen (secondary N) is 1. The van der Waals surface area contributed by atoms with Crippen molar-refractivity contribution < 1.29 is 4.79 Å². The van der Waals surface area contributed by atoms with Crippen LogP contribution in [0.2, 0.25) is 0 Å². The first-order valence-electron chi connectivity index (χ1n) is 5.57. The lowest BCUT2D eigenvalue weighted by Gasteiger charge is -2.21. The molecule has 5 nitrogen and oxygen atoms in total.